The van der Waals surface area contributed by atoms with Gasteiger partial charge in [-0.1, -0.05) is 12.1 Å². The lowest BCUT2D eigenvalue weighted by molar-refractivity contribution is -0.133. The van der Waals surface area contributed by atoms with Crippen LogP contribution in [0.2, 0.25) is 0 Å². The molecule has 16 nitrogen and oxygen atoms in total. The number of piperidine rings is 2. The first-order valence-corrected chi connectivity index (χ1v) is 21.1. The highest BCUT2D eigenvalue weighted by Crippen LogP contribution is 2.26. The number of hydrogen-bond acceptors (Lipinski definition) is 13. The molecular weight excluding hydrogens is 830 g/mol. The van der Waals surface area contributed by atoms with Gasteiger partial charge in [0, 0.05) is 74.4 Å². The Hall–Kier alpha value is -7.12. The fourth-order valence-electron chi connectivity index (χ4n) is 7.83. The quantitative estimate of drug-likeness (QED) is 0.0734. The number of aromatic nitrogens is 3. The summed E-state index contributed by atoms with van der Waals surface area (Å²) in [6.07, 6.45) is 6.06. The van der Waals surface area contributed by atoms with Crippen LogP contribution in [-0.4, -0.2) is 100 Å². The van der Waals surface area contributed by atoms with Crippen LogP contribution in [0, 0.1) is 23.4 Å². The summed E-state index contributed by atoms with van der Waals surface area (Å²) in [6, 6.07) is 19.6. The highest BCUT2D eigenvalue weighted by atomic mass is 19.1. The molecule has 3 aliphatic heterocycles. The predicted molar refractivity (Wildman–Crippen MR) is 235 cm³/mol. The molecule has 19 heteroatoms. The number of imide groups is 1. The lowest BCUT2D eigenvalue weighted by Crippen LogP contribution is -2.48. The number of hydrogen-bond donors (Lipinski definition) is 6. The third-order valence-electron chi connectivity index (χ3n) is 11.5. The van der Waals surface area contributed by atoms with Gasteiger partial charge >= 0.3 is 0 Å². The molecule has 3 saturated heterocycles. The number of piperazine rings is 1. The van der Waals surface area contributed by atoms with E-state index in [0.717, 1.165) is 58.2 Å². The van der Waals surface area contributed by atoms with Crippen molar-refractivity contribution in [1.29, 1.82) is 0 Å². The normalized spacial score (nSPS) is 17.4. The Bertz CT molecular complexity index is 2480. The number of amides is 4. The zero-order valence-corrected chi connectivity index (χ0v) is 34.8. The standard InChI is InChI=1S/C45H47F3N12O4/c46-35-4-2-1-3-34(35)43(63)53-31-11-9-30(10-12-31)52-40-37(48)27-50-45(56-40)54-32-7-5-29(6-8-32)42(62)57-60-19-16-28(17-20-60)15-18-58-21-23-59(24-22-58)41-36(47)25-33(26-49-41)51-38-13-14-39(61)55-44(38)64/h1-12,25-28,38,51H,13-24H2,(H,53,63)(H,57,62)(H,55,61,64)(H2,50,52,54,56). The average Bonchev–Trinajstić information content (AvgIpc) is 3.29. The van der Waals surface area contributed by atoms with E-state index < -0.39 is 35.3 Å². The smallest absolute Gasteiger partial charge is 0.265 e. The minimum atomic E-state index is -0.686. The van der Waals surface area contributed by atoms with Crippen LogP contribution in [-0.2, 0) is 9.59 Å². The number of halogens is 3. The molecule has 0 spiro atoms. The van der Waals surface area contributed by atoms with Gasteiger partial charge < -0.3 is 26.2 Å². The number of anilines is 7. The minimum Gasteiger partial charge on any atom is -0.372 e. The molecule has 2 aromatic heterocycles. The molecule has 0 saturated carbocycles. The van der Waals surface area contributed by atoms with Crippen molar-refractivity contribution in [3.63, 3.8) is 0 Å². The highest BCUT2D eigenvalue weighted by Gasteiger charge is 2.28. The van der Waals surface area contributed by atoms with Gasteiger partial charge in [-0.05, 0) is 98.8 Å². The molecule has 0 radical (unpaired) electrons. The Morgan fingerprint density at radius 2 is 1.42 bits per heavy atom. The number of benzene rings is 3. The second-order valence-corrected chi connectivity index (χ2v) is 15.9. The van der Waals surface area contributed by atoms with Crippen molar-refractivity contribution in [2.45, 2.75) is 38.1 Å². The molecule has 5 heterocycles. The average molecular weight is 877 g/mol. The van der Waals surface area contributed by atoms with Crippen LogP contribution in [0.4, 0.5) is 53.5 Å². The highest BCUT2D eigenvalue weighted by molar-refractivity contribution is 6.04. The van der Waals surface area contributed by atoms with Crippen molar-refractivity contribution >= 4 is 64.0 Å². The van der Waals surface area contributed by atoms with Crippen LogP contribution in [0.1, 0.15) is 52.8 Å². The SMILES string of the molecule is O=C1CCC(Nc2cnc(N3CCN(CCC4CCN(NC(=O)c5ccc(Nc6ncc(F)c(Nc7ccc(NC(=O)c8ccccc8F)cc7)n6)cc5)CC4)CC3)c(F)c2)C(=O)N1. The molecular formula is C45H47F3N12O4. The second kappa shape index (κ2) is 19.9. The molecule has 0 bridgehead atoms. The fourth-order valence-corrected chi connectivity index (χ4v) is 7.83. The van der Waals surface area contributed by atoms with Gasteiger partial charge in [-0.2, -0.15) is 4.98 Å². The van der Waals surface area contributed by atoms with E-state index in [1.807, 2.05) is 9.91 Å². The van der Waals surface area contributed by atoms with Crippen molar-refractivity contribution in [2.24, 2.45) is 5.92 Å². The van der Waals surface area contributed by atoms with Crippen LogP contribution in [0.25, 0.3) is 0 Å². The van der Waals surface area contributed by atoms with Gasteiger partial charge in [-0.25, -0.2) is 28.1 Å². The second-order valence-electron chi connectivity index (χ2n) is 15.9. The van der Waals surface area contributed by atoms with Gasteiger partial charge in [-0.3, -0.25) is 34.8 Å². The Morgan fingerprint density at radius 1 is 0.719 bits per heavy atom. The summed E-state index contributed by atoms with van der Waals surface area (Å²) in [4.78, 5) is 66.0. The lowest BCUT2D eigenvalue weighted by atomic mass is 9.94. The van der Waals surface area contributed by atoms with Crippen LogP contribution >= 0.6 is 0 Å². The lowest BCUT2D eigenvalue weighted by Gasteiger charge is -2.37. The third kappa shape index (κ3) is 11.1. The van der Waals surface area contributed by atoms with Crippen LogP contribution < -0.4 is 36.9 Å². The molecule has 64 heavy (non-hydrogen) atoms. The Labute approximate surface area is 367 Å². The molecule has 332 valence electrons. The van der Waals surface area contributed by atoms with E-state index in [-0.39, 0.29) is 41.4 Å². The number of carbonyl (C=O) groups is 4. The number of nitrogens with one attached hydrogen (secondary N) is 6. The number of pyridine rings is 1. The van der Waals surface area contributed by atoms with Crippen molar-refractivity contribution < 1.29 is 32.3 Å². The molecule has 5 aromatic rings. The fraction of sp³-hybridized carbons (Fsp3) is 0.311. The molecule has 1 atom stereocenters. The molecule has 3 fully saturated rings. The Kier molecular flexibility index (Phi) is 13.6. The molecule has 8 rings (SSSR count). The summed E-state index contributed by atoms with van der Waals surface area (Å²) < 4.78 is 43.8. The maximum absolute atomic E-state index is 15.1. The molecule has 3 aliphatic rings. The van der Waals surface area contributed by atoms with Crippen LogP contribution in [0.15, 0.2) is 91.3 Å². The summed E-state index contributed by atoms with van der Waals surface area (Å²) in [6.45, 7) is 5.27. The van der Waals surface area contributed by atoms with Gasteiger partial charge in [0.1, 0.15) is 11.9 Å². The van der Waals surface area contributed by atoms with E-state index >= 15 is 4.39 Å². The van der Waals surface area contributed by atoms with Crippen LogP contribution in [0.3, 0.4) is 0 Å². The first-order valence-electron chi connectivity index (χ1n) is 21.1. The summed E-state index contributed by atoms with van der Waals surface area (Å²) in [5.74, 6) is -2.48. The van der Waals surface area contributed by atoms with E-state index in [2.05, 4.69) is 51.9 Å². The largest absolute Gasteiger partial charge is 0.372 e. The summed E-state index contributed by atoms with van der Waals surface area (Å²) in [5, 5.41) is 15.8. The monoisotopic (exact) mass is 876 g/mol. The summed E-state index contributed by atoms with van der Waals surface area (Å²) in [5.41, 5.74) is 5.30. The molecule has 4 amide bonds. The van der Waals surface area contributed by atoms with Crippen molar-refractivity contribution in [2.75, 3.05) is 72.0 Å². The molecule has 1 unspecified atom stereocenters. The number of carbonyl (C=O) groups excluding carboxylic acids is 4. The number of hydrazine groups is 1. The zero-order valence-electron chi connectivity index (χ0n) is 34.8. The zero-order chi connectivity index (χ0) is 44.6. The third-order valence-corrected chi connectivity index (χ3v) is 11.5. The van der Waals surface area contributed by atoms with Gasteiger partial charge in [0.05, 0.1) is 23.6 Å². The van der Waals surface area contributed by atoms with Gasteiger partial charge in [0.15, 0.2) is 23.3 Å². The van der Waals surface area contributed by atoms with E-state index in [1.54, 1.807) is 54.6 Å². The van der Waals surface area contributed by atoms with Crippen molar-refractivity contribution in [3.05, 3.63) is 120 Å². The topological polar surface area (TPSA) is 189 Å². The predicted octanol–water partition coefficient (Wildman–Crippen LogP) is 5.81. The minimum absolute atomic E-state index is 0.0830. The van der Waals surface area contributed by atoms with Crippen molar-refractivity contribution in [3.8, 4) is 0 Å². The van der Waals surface area contributed by atoms with Gasteiger partial charge in [0.2, 0.25) is 17.8 Å². The van der Waals surface area contributed by atoms with E-state index in [4.69, 9.17) is 0 Å². The maximum atomic E-state index is 15.1. The summed E-state index contributed by atoms with van der Waals surface area (Å²) in [7, 11) is 0. The van der Waals surface area contributed by atoms with E-state index in [0.29, 0.717) is 53.7 Å². The van der Waals surface area contributed by atoms with E-state index in [1.165, 1.54) is 30.5 Å². The first-order chi connectivity index (χ1) is 31.0. The molecule has 3 aromatic carbocycles. The van der Waals surface area contributed by atoms with Crippen molar-refractivity contribution in [1.82, 2.24) is 35.6 Å². The van der Waals surface area contributed by atoms with E-state index in [9.17, 15) is 28.0 Å². The van der Waals surface area contributed by atoms with Gasteiger partial charge in [0.25, 0.3) is 11.8 Å². The summed E-state index contributed by atoms with van der Waals surface area (Å²) >= 11 is 0. The van der Waals surface area contributed by atoms with Gasteiger partial charge in [-0.15, -0.1) is 0 Å². The number of nitrogens with zero attached hydrogens (tertiary/aromatic N) is 6. The molecule has 6 N–H and O–H groups in total. The molecule has 0 aliphatic carbocycles. The van der Waals surface area contributed by atoms with Crippen LogP contribution in [0.5, 0.6) is 0 Å². The first kappa shape index (κ1) is 43.5. The number of rotatable bonds is 14. The Balaban J connectivity index is 0.735. The maximum Gasteiger partial charge on any atom is 0.265 e. The Morgan fingerprint density at radius 3 is 2.14 bits per heavy atom.